The van der Waals surface area contributed by atoms with Crippen LogP contribution in [-0.4, -0.2) is 8.97 Å². The van der Waals surface area contributed by atoms with Crippen LogP contribution in [-0.2, 0) is 0 Å². The van der Waals surface area contributed by atoms with Crippen molar-refractivity contribution in [3.8, 4) is 5.69 Å². The molecular weight excluding hydrogens is 977 g/mol. The number of furan rings is 2. The van der Waals surface area contributed by atoms with Crippen LogP contribution in [0.5, 0.6) is 0 Å². The lowest BCUT2D eigenvalue weighted by atomic mass is 9.99. The fourth-order valence-electron chi connectivity index (χ4n) is 13.5. The Balaban J connectivity index is 0.918. The van der Waals surface area contributed by atoms with Gasteiger partial charge in [-0.15, -0.1) is 0 Å². The van der Waals surface area contributed by atoms with E-state index in [1.165, 1.54) is 59.6 Å². The van der Waals surface area contributed by atoms with Crippen LogP contribution in [0, 0.1) is 0 Å². The van der Waals surface area contributed by atoms with Crippen molar-refractivity contribution >= 4 is 159 Å². The highest BCUT2D eigenvalue weighted by Gasteiger charge is 2.27. The molecule has 0 radical (unpaired) electrons. The monoisotopic (exact) mass is 1020 g/mol. The molecule has 0 aliphatic rings. The predicted octanol–water partition coefficient (Wildman–Crippen LogP) is 21.0. The number of fused-ring (bicyclic) bond motifs is 18. The van der Waals surface area contributed by atoms with Gasteiger partial charge in [-0.25, -0.2) is 0 Å². The fourth-order valence-corrected chi connectivity index (χ4v) is 13.5. The van der Waals surface area contributed by atoms with E-state index in [4.69, 9.17) is 8.83 Å². The summed E-state index contributed by atoms with van der Waals surface area (Å²) < 4.78 is 18.5. The molecule has 6 heteroatoms. The van der Waals surface area contributed by atoms with Gasteiger partial charge in [-0.05, 0) is 143 Å². The summed E-state index contributed by atoms with van der Waals surface area (Å²) in [6.45, 7) is 0. The highest BCUT2D eigenvalue weighted by Crippen LogP contribution is 2.50. The lowest BCUT2D eigenvalue weighted by molar-refractivity contribution is 0.668. The van der Waals surface area contributed by atoms with Crippen LogP contribution < -0.4 is 9.80 Å². The van der Waals surface area contributed by atoms with E-state index >= 15 is 0 Å². The van der Waals surface area contributed by atoms with Crippen LogP contribution in [0.1, 0.15) is 0 Å². The number of para-hydroxylation sites is 8. The molecule has 0 unspecified atom stereocenters. The smallest absolute Gasteiger partial charge is 0.159 e. The van der Waals surface area contributed by atoms with Crippen molar-refractivity contribution in [3.63, 3.8) is 0 Å². The molecule has 372 valence electrons. The molecule has 0 fully saturated rings. The van der Waals surface area contributed by atoms with E-state index < -0.39 is 0 Å². The molecule has 0 N–H and O–H groups in total. The quantitative estimate of drug-likeness (QED) is 0.160. The zero-order chi connectivity index (χ0) is 52.2. The van der Waals surface area contributed by atoms with Gasteiger partial charge in [-0.2, -0.15) is 0 Å². The molecule has 5 heterocycles. The molecule has 6 nitrogen and oxygen atoms in total. The molecule has 0 aliphatic carbocycles. The Hall–Kier alpha value is -10.8. The average Bonchev–Trinajstić information content (AvgIpc) is 3.75. The Bertz CT molecular complexity index is 5560. The van der Waals surface area contributed by atoms with E-state index in [2.05, 4.69) is 274 Å². The molecule has 18 aromatic rings. The van der Waals surface area contributed by atoms with Gasteiger partial charge in [-0.3, -0.25) is 0 Å². The average molecular weight is 1020 g/mol. The second kappa shape index (κ2) is 16.4. The number of hydrogen-bond donors (Lipinski definition) is 0. The minimum Gasteiger partial charge on any atom is -0.454 e. The maximum absolute atomic E-state index is 6.72. The summed E-state index contributed by atoms with van der Waals surface area (Å²) in [6.07, 6.45) is 0. The SMILES string of the molecule is c1ccc(N(c2ccc3cc4c5cc6c(c7ccccc7n6-c6ccccc6)c6c7cc8ccc(N(c9ccccc9)c9cccc%10c9oc9ccccc9%10)cc8cc7n(c4cc3c2)c56)c2cccc3c2oc2ccccc23)cc1. The second-order valence-electron chi connectivity index (χ2n) is 21.2. The van der Waals surface area contributed by atoms with Gasteiger partial charge in [0.1, 0.15) is 11.2 Å². The lowest BCUT2D eigenvalue weighted by Gasteiger charge is -2.26. The molecule has 0 bridgehead atoms. The molecule has 18 rings (SSSR count). The summed E-state index contributed by atoms with van der Waals surface area (Å²) in [5, 5.41) is 16.5. The number of anilines is 6. The number of aromatic nitrogens is 2. The maximum atomic E-state index is 6.72. The Kier molecular flexibility index (Phi) is 8.85. The summed E-state index contributed by atoms with van der Waals surface area (Å²) in [4.78, 5) is 4.68. The van der Waals surface area contributed by atoms with Crippen molar-refractivity contribution < 1.29 is 8.83 Å². The van der Waals surface area contributed by atoms with Gasteiger partial charge in [0.15, 0.2) is 11.2 Å². The Morgan fingerprint density at radius 2 is 0.762 bits per heavy atom. The van der Waals surface area contributed by atoms with Gasteiger partial charge < -0.3 is 27.6 Å². The molecule has 0 atom stereocenters. The molecule has 0 saturated heterocycles. The largest absolute Gasteiger partial charge is 0.454 e. The minimum absolute atomic E-state index is 0.857. The van der Waals surface area contributed by atoms with Crippen molar-refractivity contribution in [2.75, 3.05) is 9.80 Å². The van der Waals surface area contributed by atoms with Crippen LogP contribution in [0.15, 0.2) is 276 Å². The zero-order valence-electron chi connectivity index (χ0n) is 43.0. The summed E-state index contributed by atoms with van der Waals surface area (Å²) in [5.74, 6) is 0. The van der Waals surface area contributed by atoms with E-state index in [9.17, 15) is 0 Å². The van der Waals surface area contributed by atoms with E-state index in [0.29, 0.717) is 0 Å². The first kappa shape index (κ1) is 43.3. The standard InChI is InChI=1S/C74H44N4O2/c1-4-18-49(19-5-1)75(63-30-16-27-56-54-24-11-14-32-68(54)79-73(56)63)52-36-34-45-40-59-60-44-67-70(58-26-10-13-29-62(58)77(67)51-22-8-3-9-23-51)71-61-41-46-35-37-53(39-48(46)43-66(61)78(72(60)71)65(59)42-47(45)38-52)76(50-20-6-2-7-21-50)64-31-17-28-57-55-25-12-15-33-69(55)80-74(57)64/h1-44H. The van der Waals surface area contributed by atoms with Crippen LogP contribution >= 0.6 is 0 Å². The van der Waals surface area contributed by atoms with E-state index in [0.717, 1.165) is 105 Å². The summed E-state index contributed by atoms with van der Waals surface area (Å²) in [7, 11) is 0. The van der Waals surface area contributed by atoms with Gasteiger partial charge in [0.25, 0.3) is 0 Å². The summed E-state index contributed by atoms with van der Waals surface area (Å²) in [6, 6.07) is 96.7. The molecule has 0 saturated carbocycles. The van der Waals surface area contributed by atoms with E-state index in [1.807, 2.05) is 12.1 Å². The highest BCUT2D eigenvalue weighted by molar-refractivity contribution is 6.37. The Morgan fingerprint density at radius 3 is 1.35 bits per heavy atom. The van der Waals surface area contributed by atoms with Gasteiger partial charge in [0, 0.05) is 82.3 Å². The second-order valence-corrected chi connectivity index (χ2v) is 21.2. The molecular formula is C74H44N4O2. The predicted molar refractivity (Wildman–Crippen MR) is 334 cm³/mol. The van der Waals surface area contributed by atoms with Crippen molar-refractivity contribution in [1.82, 2.24) is 8.97 Å². The summed E-state index contributed by atoms with van der Waals surface area (Å²) in [5.41, 5.74) is 16.7. The van der Waals surface area contributed by atoms with Crippen molar-refractivity contribution in [1.29, 1.82) is 0 Å². The summed E-state index contributed by atoms with van der Waals surface area (Å²) >= 11 is 0. The molecule has 5 aromatic heterocycles. The highest BCUT2D eigenvalue weighted by atomic mass is 16.3. The Morgan fingerprint density at radius 1 is 0.275 bits per heavy atom. The third-order valence-electron chi connectivity index (χ3n) is 16.9. The van der Waals surface area contributed by atoms with E-state index in [1.54, 1.807) is 0 Å². The first-order valence-electron chi connectivity index (χ1n) is 27.3. The third-order valence-corrected chi connectivity index (χ3v) is 16.9. The maximum Gasteiger partial charge on any atom is 0.159 e. The van der Waals surface area contributed by atoms with Crippen LogP contribution in [0.4, 0.5) is 34.1 Å². The molecule has 80 heavy (non-hydrogen) atoms. The molecule has 0 spiro atoms. The van der Waals surface area contributed by atoms with Crippen molar-refractivity contribution in [3.05, 3.63) is 267 Å². The van der Waals surface area contributed by atoms with Crippen molar-refractivity contribution in [2.24, 2.45) is 0 Å². The van der Waals surface area contributed by atoms with Crippen LogP contribution in [0.2, 0.25) is 0 Å². The Labute approximate surface area is 457 Å². The number of hydrogen-bond acceptors (Lipinski definition) is 4. The number of rotatable bonds is 7. The van der Waals surface area contributed by atoms with Crippen LogP contribution in [0.25, 0.3) is 131 Å². The number of nitrogens with zero attached hydrogens (tertiary/aromatic N) is 4. The lowest BCUT2D eigenvalue weighted by Crippen LogP contribution is -2.10. The fraction of sp³-hybridized carbons (Fsp3) is 0. The molecule has 13 aromatic carbocycles. The number of benzene rings is 13. The van der Waals surface area contributed by atoms with Gasteiger partial charge in [0.2, 0.25) is 0 Å². The minimum atomic E-state index is 0.857. The first-order chi connectivity index (χ1) is 39.7. The van der Waals surface area contributed by atoms with Gasteiger partial charge >= 0.3 is 0 Å². The third kappa shape index (κ3) is 6.07. The van der Waals surface area contributed by atoms with Crippen LogP contribution in [0.3, 0.4) is 0 Å². The zero-order valence-corrected chi connectivity index (χ0v) is 43.0. The molecule has 0 aliphatic heterocycles. The van der Waals surface area contributed by atoms with Gasteiger partial charge in [-0.1, -0.05) is 146 Å². The van der Waals surface area contributed by atoms with Crippen molar-refractivity contribution in [2.45, 2.75) is 0 Å². The first-order valence-corrected chi connectivity index (χ1v) is 27.3. The topological polar surface area (TPSA) is 42.1 Å². The normalized spacial score (nSPS) is 12.2. The van der Waals surface area contributed by atoms with Gasteiger partial charge in [0.05, 0.1) is 39.0 Å². The van der Waals surface area contributed by atoms with E-state index in [-0.39, 0.29) is 0 Å². The molecule has 0 amide bonds.